The number of guanidine groups is 1. The van der Waals surface area contributed by atoms with E-state index in [2.05, 4.69) is 37.6 Å². The second-order valence-corrected chi connectivity index (χ2v) is 6.96. The van der Waals surface area contributed by atoms with Gasteiger partial charge in [0.2, 0.25) is 5.89 Å². The van der Waals surface area contributed by atoms with E-state index in [9.17, 15) is 0 Å². The second-order valence-electron chi connectivity index (χ2n) is 6.96. The molecule has 0 radical (unpaired) electrons. The van der Waals surface area contributed by atoms with Crippen LogP contribution in [0.15, 0.2) is 9.52 Å². The van der Waals surface area contributed by atoms with Crippen LogP contribution in [0.2, 0.25) is 0 Å². The third kappa shape index (κ3) is 4.93. The number of rotatable bonds is 6. The molecule has 3 rings (SSSR count). The molecule has 2 heterocycles. The Balaban J connectivity index is 1.48. The molecule has 1 aliphatic heterocycles. The summed E-state index contributed by atoms with van der Waals surface area (Å²) in [5.41, 5.74) is 0. The van der Waals surface area contributed by atoms with Gasteiger partial charge in [0, 0.05) is 39.1 Å². The minimum absolute atomic E-state index is 0.436. The van der Waals surface area contributed by atoms with Crippen LogP contribution >= 0.6 is 0 Å². The first-order valence-corrected chi connectivity index (χ1v) is 9.29. The summed E-state index contributed by atoms with van der Waals surface area (Å²) in [7, 11) is 0. The number of aliphatic imine (C=N–C) groups is 1. The molecule has 1 unspecified atom stereocenters. The van der Waals surface area contributed by atoms with Crippen molar-refractivity contribution in [3.63, 3.8) is 0 Å². The van der Waals surface area contributed by atoms with Crippen LogP contribution in [0.3, 0.4) is 0 Å². The lowest BCUT2D eigenvalue weighted by atomic mass is 10.1. The predicted molar refractivity (Wildman–Crippen MR) is 93.8 cm³/mol. The van der Waals surface area contributed by atoms with E-state index in [0.717, 1.165) is 25.0 Å². The first-order valence-electron chi connectivity index (χ1n) is 9.29. The number of aromatic nitrogens is 2. The van der Waals surface area contributed by atoms with Gasteiger partial charge in [0.05, 0.1) is 0 Å². The Morgan fingerprint density at radius 3 is 2.88 bits per heavy atom. The molecule has 7 nitrogen and oxygen atoms in total. The Hall–Kier alpha value is -1.63. The number of likely N-dealkylation sites (tertiary alicyclic amines) is 1. The zero-order valence-electron chi connectivity index (χ0n) is 14.9. The van der Waals surface area contributed by atoms with Gasteiger partial charge in [-0.3, -0.25) is 0 Å². The van der Waals surface area contributed by atoms with Crippen molar-refractivity contribution < 1.29 is 4.52 Å². The number of nitrogens with zero attached hydrogens (tertiary/aromatic N) is 4. The maximum absolute atomic E-state index is 4.99. The molecule has 1 aromatic heterocycles. The summed E-state index contributed by atoms with van der Waals surface area (Å²) >= 11 is 0. The van der Waals surface area contributed by atoms with Crippen molar-refractivity contribution in [2.75, 3.05) is 26.2 Å². The fourth-order valence-electron chi connectivity index (χ4n) is 3.74. The van der Waals surface area contributed by atoms with Gasteiger partial charge in [0.15, 0.2) is 11.8 Å². The maximum Gasteiger partial charge on any atom is 0.223 e. The van der Waals surface area contributed by atoms with Crippen molar-refractivity contribution in [1.29, 1.82) is 0 Å². The van der Waals surface area contributed by atoms with Gasteiger partial charge in [-0.1, -0.05) is 18.0 Å². The maximum atomic E-state index is 4.99. The average Bonchev–Trinajstić information content (AvgIpc) is 3.29. The molecule has 2 fully saturated rings. The summed E-state index contributed by atoms with van der Waals surface area (Å²) in [6.07, 6.45) is 6.87. The van der Waals surface area contributed by atoms with Crippen LogP contribution in [0.1, 0.15) is 50.7 Å². The molecule has 1 atom stereocenters. The summed E-state index contributed by atoms with van der Waals surface area (Å²) in [5.74, 6) is 2.97. The van der Waals surface area contributed by atoms with Crippen LogP contribution in [0.4, 0.5) is 0 Å². The second kappa shape index (κ2) is 8.46. The Bertz CT molecular complexity index is 537. The van der Waals surface area contributed by atoms with Gasteiger partial charge >= 0.3 is 0 Å². The predicted octanol–water partition coefficient (Wildman–Crippen LogP) is 1.70. The minimum atomic E-state index is 0.436. The van der Waals surface area contributed by atoms with Crippen LogP contribution in [0.5, 0.6) is 0 Å². The summed E-state index contributed by atoms with van der Waals surface area (Å²) in [6, 6.07) is 0.469. The normalized spacial score (nSPS) is 23.1. The molecule has 134 valence electrons. The van der Waals surface area contributed by atoms with Gasteiger partial charge in [-0.2, -0.15) is 4.98 Å². The molecular weight excluding hydrogens is 304 g/mol. The highest BCUT2D eigenvalue weighted by Crippen LogP contribution is 2.26. The molecule has 0 bridgehead atoms. The first-order chi connectivity index (χ1) is 11.7. The Morgan fingerprint density at radius 1 is 1.33 bits per heavy atom. The molecule has 2 aliphatic rings. The first kappa shape index (κ1) is 17.2. The topological polar surface area (TPSA) is 78.6 Å². The third-order valence-electron chi connectivity index (χ3n) is 4.90. The Morgan fingerprint density at radius 2 is 2.17 bits per heavy atom. The minimum Gasteiger partial charge on any atom is -0.357 e. The number of aryl methyl sites for hydroxylation is 1. The number of nitrogens with one attached hydrogen (secondary N) is 2. The van der Waals surface area contributed by atoms with E-state index in [4.69, 9.17) is 4.52 Å². The monoisotopic (exact) mass is 334 g/mol. The smallest absolute Gasteiger partial charge is 0.223 e. The van der Waals surface area contributed by atoms with E-state index in [1.165, 1.54) is 45.2 Å². The van der Waals surface area contributed by atoms with Crippen LogP contribution in [0, 0.1) is 12.8 Å². The fraction of sp³-hybridized carbons (Fsp3) is 0.824. The van der Waals surface area contributed by atoms with E-state index in [1.807, 2.05) is 0 Å². The summed E-state index contributed by atoms with van der Waals surface area (Å²) in [4.78, 5) is 11.4. The fourth-order valence-corrected chi connectivity index (χ4v) is 3.74. The molecule has 7 heteroatoms. The van der Waals surface area contributed by atoms with Gasteiger partial charge in [0.25, 0.3) is 0 Å². The lowest BCUT2D eigenvalue weighted by Gasteiger charge is -2.21. The summed E-state index contributed by atoms with van der Waals surface area (Å²) in [5, 5.41) is 10.8. The molecule has 1 saturated carbocycles. The molecule has 24 heavy (non-hydrogen) atoms. The average molecular weight is 334 g/mol. The van der Waals surface area contributed by atoms with E-state index < -0.39 is 0 Å². The van der Waals surface area contributed by atoms with Gasteiger partial charge in [0.1, 0.15) is 6.54 Å². The van der Waals surface area contributed by atoms with E-state index in [-0.39, 0.29) is 0 Å². The molecule has 0 spiro atoms. The van der Waals surface area contributed by atoms with Gasteiger partial charge < -0.3 is 20.1 Å². The largest absolute Gasteiger partial charge is 0.357 e. The molecule has 2 N–H and O–H groups in total. The van der Waals surface area contributed by atoms with Crippen molar-refractivity contribution in [2.45, 2.75) is 58.5 Å². The van der Waals surface area contributed by atoms with E-state index in [1.54, 1.807) is 6.92 Å². The zero-order chi connectivity index (χ0) is 16.8. The molecule has 1 saturated heterocycles. The Labute approximate surface area is 144 Å². The quantitative estimate of drug-likeness (QED) is 0.609. The van der Waals surface area contributed by atoms with Gasteiger partial charge in [-0.15, -0.1) is 0 Å². The lowest BCUT2D eigenvalue weighted by Crippen LogP contribution is -2.44. The summed E-state index contributed by atoms with van der Waals surface area (Å²) < 4.78 is 4.99. The highest BCUT2D eigenvalue weighted by Gasteiger charge is 2.26. The van der Waals surface area contributed by atoms with Crippen molar-refractivity contribution in [3.05, 3.63) is 11.7 Å². The van der Waals surface area contributed by atoms with E-state index >= 15 is 0 Å². The lowest BCUT2D eigenvalue weighted by molar-refractivity contribution is 0.275. The highest BCUT2D eigenvalue weighted by atomic mass is 16.5. The number of hydrogen-bond acceptors (Lipinski definition) is 5. The highest BCUT2D eigenvalue weighted by molar-refractivity contribution is 5.80. The summed E-state index contributed by atoms with van der Waals surface area (Å²) in [6.45, 7) is 8.73. The van der Waals surface area contributed by atoms with Crippen LogP contribution in [-0.2, 0) is 6.54 Å². The molecule has 0 amide bonds. The SMILES string of the molecule is CCNC(=NCc1noc(C)n1)NC1CCN(CC2CCCC2)C1. The van der Waals surface area contributed by atoms with Crippen molar-refractivity contribution in [3.8, 4) is 0 Å². The third-order valence-corrected chi connectivity index (χ3v) is 4.90. The standard InChI is InChI=1S/C17H30N6O/c1-3-18-17(19-10-16-20-13(2)24-22-16)21-15-8-9-23(12-15)11-14-6-4-5-7-14/h14-15H,3-12H2,1-2H3,(H2,18,19,21). The van der Waals surface area contributed by atoms with Crippen LogP contribution in [-0.4, -0.2) is 53.2 Å². The van der Waals surface area contributed by atoms with Gasteiger partial charge in [-0.05, 0) is 32.1 Å². The molecule has 0 aromatic carbocycles. The molecule has 1 aliphatic carbocycles. The number of hydrogen-bond donors (Lipinski definition) is 2. The van der Waals surface area contributed by atoms with E-state index in [0.29, 0.717) is 24.3 Å². The van der Waals surface area contributed by atoms with Crippen molar-refractivity contribution in [2.24, 2.45) is 10.9 Å². The van der Waals surface area contributed by atoms with Gasteiger partial charge in [-0.25, -0.2) is 4.99 Å². The van der Waals surface area contributed by atoms with Crippen molar-refractivity contribution in [1.82, 2.24) is 25.7 Å². The van der Waals surface area contributed by atoms with Crippen LogP contribution < -0.4 is 10.6 Å². The molecule has 1 aromatic rings. The Kier molecular flexibility index (Phi) is 6.07. The van der Waals surface area contributed by atoms with Crippen LogP contribution in [0.25, 0.3) is 0 Å². The zero-order valence-corrected chi connectivity index (χ0v) is 14.9. The molecular formula is C17H30N6O. The van der Waals surface area contributed by atoms with Crippen molar-refractivity contribution >= 4 is 5.96 Å².